The van der Waals surface area contributed by atoms with Crippen LogP contribution in [0.5, 0.6) is 0 Å². The number of hydrogen-bond acceptors (Lipinski definition) is 3. The Labute approximate surface area is 108 Å². The van der Waals surface area contributed by atoms with Gasteiger partial charge in [-0.25, -0.2) is 0 Å². The van der Waals surface area contributed by atoms with Crippen LogP contribution in [0.4, 0.5) is 0 Å². The Morgan fingerprint density at radius 2 is 2.24 bits per heavy atom. The number of halogens is 1. The topological polar surface area (TPSA) is 39.1 Å². The number of aryl methyl sites for hydroxylation is 1. The standard InChI is InChI=1S/C12H22ClN3O/c1-6-16-11(9(13)8-15-16)10(14-4)7-12(2,3)17-5/h8,10,14H,6-7H2,1-5H3. The molecular weight excluding hydrogens is 238 g/mol. The quantitative estimate of drug-likeness (QED) is 0.854. The largest absolute Gasteiger partial charge is 0.379 e. The number of hydrogen-bond donors (Lipinski definition) is 1. The minimum absolute atomic E-state index is 0.139. The molecule has 0 amide bonds. The fourth-order valence-corrected chi connectivity index (χ4v) is 2.15. The Balaban J connectivity index is 2.97. The zero-order valence-corrected chi connectivity index (χ0v) is 12.0. The van der Waals surface area contributed by atoms with Gasteiger partial charge in [-0.1, -0.05) is 11.6 Å². The number of rotatable bonds is 6. The molecule has 0 fully saturated rings. The van der Waals surface area contributed by atoms with E-state index in [4.69, 9.17) is 16.3 Å². The molecule has 1 atom stereocenters. The summed E-state index contributed by atoms with van der Waals surface area (Å²) >= 11 is 6.21. The fraction of sp³-hybridized carbons (Fsp3) is 0.750. The molecule has 1 rings (SSSR count). The Kier molecular flexibility index (Phi) is 4.98. The summed E-state index contributed by atoms with van der Waals surface area (Å²) in [7, 11) is 3.66. The van der Waals surface area contributed by atoms with E-state index < -0.39 is 0 Å². The third-order valence-electron chi connectivity index (χ3n) is 3.06. The van der Waals surface area contributed by atoms with E-state index in [-0.39, 0.29) is 11.6 Å². The van der Waals surface area contributed by atoms with Crippen LogP contribution in [0.25, 0.3) is 0 Å². The summed E-state index contributed by atoms with van der Waals surface area (Å²) in [6, 6.07) is 0.139. The van der Waals surface area contributed by atoms with E-state index in [0.717, 1.165) is 18.7 Å². The molecule has 0 spiro atoms. The summed E-state index contributed by atoms with van der Waals surface area (Å²) in [6.45, 7) is 7.00. The summed E-state index contributed by atoms with van der Waals surface area (Å²) in [6.07, 6.45) is 2.54. The lowest BCUT2D eigenvalue weighted by Crippen LogP contribution is -2.31. The molecular formula is C12H22ClN3O. The van der Waals surface area contributed by atoms with Crippen LogP contribution in [0.3, 0.4) is 0 Å². The second-order valence-electron chi connectivity index (χ2n) is 4.70. The van der Waals surface area contributed by atoms with Crippen LogP contribution in [0.1, 0.15) is 38.9 Å². The van der Waals surface area contributed by atoms with E-state index in [0.29, 0.717) is 5.02 Å². The molecule has 0 aromatic carbocycles. The molecule has 1 heterocycles. The Morgan fingerprint density at radius 3 is 2.71 bits per heavy atom. The SMILES string of the molecule is CCn1ncc(Cl)c1C(CC(C)(C)OC)NC. The van der Waals surface area contributed by atoms with Crippen molar-refractivity contribution in [2.45, 2.75) is 45.4 Å². The van der Waals surface area contributed by atoms with Gasteiger partial charge in [-0.05, 0) is 34.2 Å². The summed E-state index contributed by atoms with van der Waals surface area (Å²) in [5.74, 6) is 0. The third-order valence-corrected chi connectivity index (χ3v) is 3.35. The van der Waals surface area contributed by atoms with Crippen LogP contribution in [-0.2, 0) is 11.3 Å². The highest BCUT2D eigenvalue weighted by Crippen LogP contribution is 2.30. The van der Waals surface area contributed by atoms with Crippen LogP contribution in [0.15, 0.2) is 6.20 Å². The first-order valence-electron chi connectivity index (χ1n) is 5.88. The van der Waals surface area contributed by atoms with Gasteiger partial charge in [0.1, 0.15) is 0 Å². The van der Waals surface area contributed by atoms with E-state index in [1.54, 1.807) is 13.3 Å². The average molecular weight is 260 g/mol. The fourth-order valence-electron chi connectivity index (χ4n) is 1.88. The second kappa shape index (κ2) is 5.85. The van der Waals surface area contributed by atoms with Gasteiger partial charge < -0.3 is 10.1 Å². The van der Waals surface area contributed by atoms with E-state index in [1.807, 2.05) is 11.7 Å². The van der Waals surface area contributed by atoms with Gasteiger partial charge in [-0.2, -0.15) is 5.10 Å². The van der Waals surface area contributed by atoms with E-state index >= 15 is 0 Å². The van der Waals surface area contributed by atoms with Crippen molar-refractivity contribution in [2.75, 3.05) is 14.2 Å². The zero-order chi connectivity index (χ0) is 13.1. The Morgan fingerprint density at radius 1 is 1.59 bits per heavy atom. The predicted octanol–water partition coefficient (Wildman–Crippen LogP) is 2.63. The third kappa shape index (κ3) is 3.44. The normalized spacial score (nSPS) is 14.0. The highest BCUT2D eigenvalue weighted by molar-refractivity contribution is 6.31. The maximum Gasteiger partial charge on any atom is 0.0834 e. The molecule has 0 radical (unpaired) electrons. The lowest BCUT2D eigenvalue weighted by atomic mass is 9.96. The molecule has 1 aromatic heterocycles. The zero-order valence-electron chi connectivity index (χ0n) is 11.2. The first-order chi connectivity index (χ1) is 7.95. The van der Waals surface area contributed by atoms with Gasteiger partial charge in [0, 0.05) is 13.7 Å². The van der Waals surface area contributed by atoms with Crippen molar-refractivity contribution in [3.05, 3.63) is 16.9 Å². The summed E-state index contributed by atoms with van der Waals surface area (Å²) in [5.41, 5.74) is 0.835. The monoisotopic (exact) mass is 259 g/mol. The number of ether oxygens (including phenoxy) is 1. The molecule has 0 bridgehead atoms. The van der Waals surface area contributed by atoms with Crippen molar-refractivity contribution in [1.82, 2.24) is 15.1 Å². The van der Waals surface area contributed by atoms with Gasteiger partial charge in [0.05, 0.1) is 28.6 Å². The second-order valence-corrected chi connectivity index (χ2v) is 5.11. The van der Waals surface area contributed by atoms with Crippen LogP contribution < -0.4 is 5.32 Å². The highest BCUT2D eigenvalue weighted by atomic mass is 35.5. The number of aromatic nitrogens is 2. The molecule has 0 aliphatic heterocycles. The van der Waals surface area contributed by atoms with E-state index in [2.05, 4.69) is 31.2 Å². The molecule has 1 N–H and O–H groups in total. The highest BCUT2D eigenvalue weighted by Gasteiger charge is 2.26. The summed E-state index contributed by atoms with van der Waals surface area (Å²) in [5, 5.41) is 8.25. The van der Waals surface area contributed by atoms with Gasteiger partial charge in [0.15, 0.2) is 0 Å². The first kappa shape index (κ1) is 14.5. The van der Waals surface area contributed by atoms with Crippen molar-refractivity contribution in [3.8, 4) is 0 Å². The maximum absolute atomic E-state index is 6.21. The average Bonchev–Trinajstić information content (AvgIpc) is 2.67. The van der Waals surface area contributed by atoms with Gasteiger partial charge in [-0.15, -0.1) is 0 Å². The van der Waals surface area contributed by atoms with Crippen LogP contribution in [0.2, 0.25) is 5.02 Å². The van der Waals surface area contributed by atoms with Gasteiger partial charge in [-0.3, -0.25) is 4.68 Å². The maximum atomic E-state index is 6.21. The van der Waals surface area contributed by atoms with E-state index in [9.17, 15) is 0 Å². The van der Waals surface area contributed by atoms with Crippen LogP contribution in [-0.4, -0.2) is 29.5 Å². The minimum Gasteiger partial charge on any atom is -0.379 e. The smallest absolute Gasteiger partial charge is 0.0834 e. The molecule has 1 unspecified atom stereocenters. The Hall–Kier alpha value is -0.580. The van der Waals surface area contributed by atoms with Gasteiger partial charge >= 0.3 is 0 Å². The molecule has 5 heteroatoms. The number of nitrogens with zero attached hydrogens (tertiary/aromatic N) is 2. The first-order valence-corrected chi connectivity index (χ1v) is 6.26. The van der Waals surface area contributed by atoms with Crippen molar-refractivity contribution in [3.63, 3.8) is 0 Å². The molecule has 98 valence electrons. The van der Waals surface area contributed by atoms with Crippen molar-refractivity contribution >= 4 is 11.6 Å². The van der Waals surface area contributed by atoms with Crippen LogP contribution in [0, 0.1) is 0 Å². The van der Waals surface area contributed by atoms with E-state index in [1.165, 1.54) is 0 Å². The van der Waals surface area contributed by atoms with Crippen molar-refractivity contribution < 1.29 is 4.74 Å². The van der Waals surface area contributed by atoms with Gasteiger partial charge in [0.25, 0.3) is 0 Å². The van der Waals surface area contributed by atoms with Crippen molar-refractivity contribution in [2.24, 2.45) is 0 Å². The lowest BCUT2D eigenvalue weighted by molar-refractivity contribution is 0.00677. The Bertz CT molecular complexity index is 363. The molecule has 0 aliphatic carbocycles. The van der Waals surface area contributed by atoms with Crippen LogP contribution >= 0.6 is 11.6 Å². The summed E-state index contributed by atoms with van der Waals surface area (Å²) in [4.78, 5) is 0. The molecule has 4 nitrogen and oxygen atoms in total. The summed E-state index contributed by atoms with van der Waals surface area (Å²) < 4.78 is 7.39. The molecule has 0 saturated carbocycles. The number of methoxy groups -OCH3 is 1. The van der Waals surface area contributed by atoms with Crippen molar-refractivity contribution in [1.29, 1.82) is 0 Å². The molecule has 1 aromatic rings. The van der Waals surface area contributed by atoms with Gasteiger partial charge in [0.2, 0.25) is 0 Å². The minimum atomic E-state index is -0.195. The molecule has 0 aliphatic rings. The predicted molar refractivity (Wildman–Crippen MR) is 70.4 cm³/mol. The molecule has 0 saturated heterocycles. The number of nitrogens with one attached hydrogen (secondary N) is 1. The lowest BCUT2D eigenvalue weighted by Gasteiger charge is -2.29. The molecule has 17 heavy (non-hydrogen) atoms.